The van der Waals surface area contributed by atoms with E-state index in [1.165, 1.54) is 18.2 Å². The van der Waals surface area contributed by atoms with Crippen LogP contribution in [0.2, 0.25) is 0 Å². The van der Waals surface area contributed by atoms with Crippen LogP contribution in [-0.4, -0.2) is 11.1 Å². The van der Waals surface area contributed by atoms with E-state index in [-0.39, 0.29) is 17.5 Å². The number of hydrogen-bond donors (Lipinski definition) is 1. The van der Waals surface area contributed by atoms with Crippen molar-refractivity contribution < 1.29 is 23.1 Å². The molecule has 0 aromatic heterocycles. The van der Waals surface area contributed by atoms with Gasteiger partial charge >= 0.3 is 12.1 Å². The van der Waals surface area contributed by atoms with Gasteiger partial charge in [0, 0.05) is 6.08 Å². The van der Waals surface area contributed by atoms with Crippen molar-refractivity contribution in [3.05, 3.63) is 41.0 Å². The number of rotatable bonds is 3. The first-order valence-electron chi connectivity index (χ1n) is 4.96. The van der Waals surface area contributed by atoms with E-state index in [0.717, 1.165) is 12.1 Å². The Balaban J connectivity index is 3.29. The summed E-state index contributed by atoms with van der Waals surface area (Å²) in [5, 5.41) is 8.46. The standard InChI is InChI=1S/C12H11F3O2/c1-2-9-8(6-7-11(16)17)4-3-5-10(9)12(13,14)15/h3-7H,2H2,1H3,(H,16,17)/b7-6+. The highest BCUT2D eigenvalue weighted by atomic mass is 19.4. The van der Waals surface area contributed by atoms with Gasteiger partial charge in [0.25, 0.3) is 0 Å². The van der Waals surface area contributed by atoms with Crippen molar-refractivity contribution in [1.82, 2.24) is 0 Å². The summed E-state index contributed by atoms with van der Waals surface area (Å²) in [6.07, 6.45) is -2.22. The van der Waals surface area contributed by atoms with Gasteiger partial charge in [0.15, 0.2) is 0 Å². The summed E-state index contributed by atoms with van der Waals surface area (Å²) in [5.41, 5.74) is -0.324. The number of alkyl halides is 3. The molecule has 0 saturated carbocycles. The van der Waals surface area contributed by atoms with Gasteiger partial charge in [-0.1, -0.05) is 19.1 Å². The first-order chi connectivity index (χ1) is 7.86. The van der Waals surface area contributed by atoms with E-state index in [9.17, 15) is 18.0 Å². The van der Waals surface area contributed by atoms with Crippen LogP contribution in [0.25, 0.3) is 6.08 Å². The number of hydrogen-bond acceptors (Lipinski definition) is 1. The fraction of sp³-hybridized carbons (Fsp3) is 0.250. The second-order valence-electron chi connectivity index (χ2n) is 3.40. The van der Waals surface area contributed by atoms with Crippen molar-refractivity contribution in [1.29, 1.82) is 0 Å². The lowest BCUT2D eigenvalue weighted by Crippen LogP contribution is -2.09. The highest BCUT2D eigenvalue weighted by Crippen LogP contribution is 2.33. The molecule has 1 aromatic carbocycles. The van der Waals surface area contributed by atoms with Crippen LogP contribution < -0.4 is 0 Å². The van der Waals surface area contributed by atoms with Crippen LogP contribution >= 0.6 is 0 Å². The zero-order chi connectivity index (χ0) is 13.1. The molecule has 0 heterocycles. The van der Waals surface area contributed by atoms with Gasteiger partial charge in [0.1, 0.15) is 0 Å². The van der Waals surface area contributed by atoms with Crippen molar-refractivity contribution in [2.24, 2.45) is 0 Å². The maximum absolute atomic E-state index is 12.7. The smallest absolute Gasteiger partial charge is 0.416 e. The Morgan fingerprint density at radius 2 is 2.06 bits per heavy atom. The van der Waals surface area contributed by atoms with E-state index >= 15 is 0 Å². The summed E-state index contributed by atoms with van der Waals surface area (Å²) < 4.78 is 38.0. The minimum Gasteiger partial charge on any atom is -0.478 e. The SMILES string of the molecule is CCc1c(/C=C/C(=O)O)cccc1C(F)(F)F. The molecule has 0 fully saturated rings. The van der Waals surface area contributed by atoms with Gasteiger partial charge in [-0.15, -0.1) is 0 Å². The molecule has 0 radical (unpaired) electrons. The maximum atomic E-state index is 12.7. The molecule has 0 bridgehead atoms. The molecule has 0 saturated heterocycles. The number of carbonyl (C=O) groups is 1. The molecule has 1 rings (SSSR count). The number of carboxylic acid groups (broad SMARTS) is 1. The summed E-state index contributed by atoms with van der Waals surface area (Å²) in [6.45, 7) is 1.60. The average Bonchev–Trinajstić information content (AvgIpc) is 2.24. The van der Waals surface area contributed by atoms with Crippen LogP contribution in [0.15, 0.2) is 24.3 Å². The van der Waals surface area contributed by atoms with Crippen molar-refractivity contribution >= 4 is 12.0 Å². The van der Waals surface area contributed by atoms with E-state index in [1.807, 2.05) is 0 Å². The second kappa shape index (κ2) is 5.03. The molecule has 0 unspecified atom stereocenters. The van der Waals surface area contributed by atoms with Crippen LogP contribution in [0.1, 0.15) is 23.6 Å². The first kappa shape index (κ1) is 13.3. The molecule has 0 aliphatic heterocycles. The molecule has 0 spiro atoms. The van der Waals surface area contributed by atoms with Crippen molar-refractivity contribution in [3.8, 4) is 0 Å². The maximum Gasteiger partial charge on any atom is 0.416 e. The fourth-order valence-electron chi connectivity index (χ4n) is 1.58. The average molecular weight is 244 g/mol. The number of halogens is 3. The summed E-state index contributed by atoms with van der Waals surface area (Å²) >= 11 is 0. The Kier molecular flexibility index (Phi) is 3.93. The minimum absolute atomic E-state index is 0.109. The van der Waals surface area contributed by atoms with E-state index < -0.39 is 17.7 Å². The van der Waals surface area contributed by atoms with E-state index in [2.05, 4.69) is 0 Å². The van der Waals surface area contributed by atoms with Gasteiger partial charge in [-0.3, -0.25) is 0 Å². The molecule has 2 nitrogen and oxygen atoms in total. The summed E-state index contributed by atoms with van der Waals surface area (Å²) in [5.74, 6) is -1.19. The number of aliphatic carboxylic acids is 1. The summed E-state index contributed by atoms with van der Waals surface area (Å²) in [6, 6.07) is 3.73. The van der Waals surface area contributed by atoms with Gasteiger partial charge in [0.05, 0.1) is 5.56 Å². The Morgan fingerprint density at radius 3 is 2.53 bits per heavy atom. The quantitative estimate of drug-likeness (QED) is 0.828. The summed E-state index contributed by atoms with van der Waals surface area (Å²) in [4.78, 5) is 10.3. The highest BCUT2D eigenvalue weighted by Gasteiger charge is 2.33. The third-order valence-electron chi connectivity index (χ3n) is 2.28. The number of carboxylic acids is 1. The zero-order valence-electron chi connectivity index (χ0n) is 9.08. The molecule has 92 valence electrons. The Hall–Kier alpha value is -1.78. The van der Waals surface area contributed by atoms with Crippen molar-refractivity contribution in [2.75, 3.05) is 0 Å². The normalized spacial score (nSPS) is 12.0. The zero-order valence-corrected chi connectivity index (χ0v) is 9.08. The van der Waals surface area contributed by atoms with Gasteiger partial charge in [-0.25, -0.2) is 4.79 Å². The van der Waals surface area contributed by atoms with Gasteiger partial charge < -0.3 is 5.11 Å². The largest absolute Gasteiger partial charge is 0.478 e. The van der Waals surface area contributed by atoms with Gasteiger partial charge in [-0.05, 0) is 29.7 Å². The molecule has 1 N–H and O–H groups in total. The van der Waals surface area contributed by atoms with E-state index in [0.29, 0.717) is 0 Å². The highest BCUT2D eigenvalue weighted by molar-refractivity contribution is 5.85. The van der Waals surface area contributed by atoms with Crippen molar-refractivity contribution in [3.63, 3.8) is 0 Å². The Morgan fingerprint density at radius 1 is 1.41 bits per heavy atom. The molecule has 0 amide bonds. The predicted octanol–water partition coefficient (Wildman–Crippen LogP) is 3.37. The third-order valence-corrected chi connectivity index (χ3v) is 2.28. The van der Waals surface area contributed by atoms with Crippen LogP contribution in [0.4, 0.5) is 13.2 Å². The van der Waals surface area contributed by atoms with Gasteiger partial charge in [-0.2, -0.15) is 13.2 Å². The molecule has 5 heteroatoms. The fourth-order valence-corrected chi connectivity index (χ4v) is 1.58. The molecule has 0 atom stereocenters. The number of benzene rings is 1. The van der Waals surface area contributed by atoms with E-state index in [1.54, 1.807) is 6.92 Å². The molecule has 17 heavy (non-hydrogen) atoms. The second-order valence-corrected chi connectivity index (χ2v) is 3.40. The Labute approximate surface area is 96.4 Å². The van der Waals surface area contributed by atoms with Crippen molar-refractivity contribution in [2.45, 2.75) is 19.5 Å². The Bertz CT molecular complexity index is 448. The lowest BCUT2D eigenvalue weighted by molar-refractivity contribution is -0.138. The summed E-state index contributed by atoms with van der Waals surface area (Å²) in [7, 11) is 0. The molecule has 0 aliphatic carbocycles. The minimum atomic E-state index is -4.42. The lowest BCUT2D eigenvalue weighted by atomic mass is 9.98. The molecular formula is C12H11F3O2. The molecule has 0 aliphatic rings. The van der Waals surface area contributed by atoms with E-state index in [4.69, 9.17) is 5.11 Å². The monoisotopic (exact) mass is 244 g/mol. The lowest BCUT2D eigenvalue weighted by Gasteiger charge is -2.13. The van der Waals surface area contributed by atoms with Crippen LogP contribution in [-0.2, 0) is 17.4 Å². The first-order valence-corrected chi connectivity index (χ1v) is 4.96. The topological polar surface area (TPSA) is 37.3 Å². The predicted molar refractivity (Wildman–Crippen MR) is 57.5 cm³/mol. The van der Waals surface area contributed by atoms with Crippen LogP contribution in [0.5, 0.6) is 0 Å². The molecular weight excluding hydrogens is 233 g/mol. The third kappa shape index (κ3) is 3.34. The molecule has 1 aromatic rings. The van der Waals surface area contributed by atoms with Gasteiger partial charge in [0.2, 0.25) is 0 Å². The van der Waals surface area contributed by atoms with Crippen LogP contribution in [0, 0.1) is 0 Å². The van der Waals surface area contributed by atoms with Crippen LogP contribution in [0.3, 0.4) is 0 Å².